The lowest BCUT2D eigenvalue weighted by atomic mass is 9.96. The van der Waals surface area contributed by atoms with Crippen molar-refractivity contribution in [3.8, 4) is 11.1 Å². The normalized spacial score (nSPS) is 15.2. The van der Waals surface area contributed by atoms with E-state index < -0.39 is 10.0 Å². The SMILES string of the molecule is CCc1cc(NS(=O)(=O)C2CCC2)ccc1-c1ccnc2[nH]ccc12. The van der Waals surface area contributed by atoms with Crippen molar-refractivity contribution in [2.24, 2.45) is 0 Å². The molecule has 2 N–H and O–H groups in total. The molecule has 0 aliphatic heterocycles. The maximum Gasteiger partial charge on any atom is 0.235 e. The van der Waals surface area contributed by atoms with Gasteiger partial charge in [0.1, 0.15) is 5.65 Å². The number of fused-ring (bicyclic) bond motifs is 1. The third-order valence-corrected chi connectivity index (χ3v) is 6.86. The standard InChI is InChI=1S/C19H21N3O2S/c1-2-13-12-14(22-25(23,24)15-4-3-5-15)6-7-16(13)17-8-10-20-19-18(17)9-11-21-19/h6-12,15,22H,2-5H2,1H3,(H,20,21). The summed E-state index contributed by atoms with van der Waals surface area (Å²) in [5.74, 6) is 0. The number of anilines is 1. The summed E-state index contributed by atoms with van der Waals surface area (Å²) in [6.45, 7) is 2.08. The first-order valence-corrected chi connectivity index (χ1v) is 10.2. The van der Waals surface area contributed by atoms with Crippen molar-refractivity contribution < 1.29 is 8.42 Å². The van der Waals surface area contributed by atoms with Crippen LogP contribution in [0.1, 0.15) is 31.7 Å². The summed E-state index contributed by atoms with van der Waals surface area (Å²) in [6, 6.07) is 9.82. The molecule has 1 fully saturated rings. The molecule has 0 spiro atoms. The summed E-state index contributed by atoms with van der Waals surface area (Å²) >= 11 is 0. The van der Waals surface area contributed by atoms with Gasteiger partial charge >= 0.3 is 0 Å². The number of H-pyrrole nitrogens is 1. The number of sulfonamides is 1. The lowest BCUT2D eigenvalue weighted by Gasteiger charge is -2.25. The van der Waals surface area contributed by atoms with Crippen LogP contribution in [-0.4, -0.2) is 23.6 Å². The van der Waals surface area contributed by atoms with E-state index in [-0.39, 0.29) is 5.25 Å². The van der Waals surface area contributed by atoms with Gasteiger partial charge < -0.3 is 4.98 Å². The molecule has 3 aromatic rings. The van der Waals surface area contributed by atoms with Gasteiger partial charge in [-0.3, -0.25) is 4.72 Å². The Balaban J connectivity index is 1.72. The van der Waals surface area contributed by atoms with Crippen LogP contribution < -0.4 is 4.72 Å². The van der Waals surface area contributed by atoms with Crippen LogP contribution in [0.15, 0.2) is 42.7 Å². The van der Waals surface area contributed by atoms with Gasteiger partial charge in [0.05, 0.1) is 5.25 Å². The Kier molecular flexibility index (Phi) is 4.00. The Morgan fingerprint density at radius 2 is 2.04 bits per heavy atom. The summed E-state index contributed by atoms with van der Waals surface area (Å²) in [4.78, 5) is 7.47. The van der Waals surface area contributed by atoms with Gasteiger partial charge in [-0.15, -0.1) is 0 Å². The van der Waals surface area contributed by atoms with Crippen LogP contribution in [0.4, 0.5) is 5.69 Å². The Bertz CT molecular complexity index is 1020. The molecule has 1 saturated carbocycles. The molecule has 130 valence electrons. The van der Waals surface area contributed by atoms with E-state index in [4.69, 9.17) is 0 Å². The topological polar surface area (TPSA) is 74.8 Å². The molecule has 1 aliphatic rings. The van der Waals surface area contributed by atoms with Gasteiger partial charge in [0.2, 0.25) is 10.0 Å². The summed E-state index contributed by atoms with van der Waals surface area (Å²) in [5, 5.41) is 0.830. The molecule has 0 saturated heterocycles. The quantitative estimate of drug-likeness (QED) is 0.724. The molecule has 0 radical (unpaired) electrons. The minimum Gasteiger partial charge on any atom is -0.346 e. The molecule has 1 aromatic carbocycles. The third-order valence-electron chi connectivity index (χ3n) is 4.99. The van der Waals surface area contributed by atoms with Crippen LogP contribution in [-0.2, 0) is 16.4 Å². The molecule has 0 bridgehead atoms. The molecule has 2 heterocycles. The number of rotatable bonds is 5. The van der Waals surface area contributed by atoms with E-state index >= 15 is 0 Å². The van der Waals surface area contributed by atoms with Crippen LogP contribution in [0.25, 0.3) is 22.2 Å². The minimum atomic E-state index is -3.27. The van der Waals surface area contributed by atoms with Gasteiger partial charge in [-0.25, -0.2) is 13.4 Å². The lowest BCUT2D eigenvalue weighted by Crippen LogP contribution is -2.33. The van der Waals surface area contributed by atoms with Crippen LogP contribution >= 0.6 is 0 Å². The predicted octanol–water partition coefficient (Wildman–Crippen LogP) is 4.09. The second kappa shape index (κ2) is 6.19. The van der Waals surface area contributed by atoms with Gasteiger partial charge in [-0.05, 0) is 60.2 Å². The maximum absolute atomic E-state index is 12.4. The van der Waals surface area contributed by atoms with Gasteiger partial charge in [0.15, 0.2) is 0 Å². The maximum atomic E-state index is 12.4. The Hall–Kier alpha value is -2.34. The Morgan fingerprint density at radius 1 is 1.20 bits per heavy atom. The van der Waals surface area contributed by atoms with Crippen LogP contribution in [0.5, 0.6) is 0 Å². The molecule has 5 nitrogen and oxygen atoms in total. The van der Waals surface area contributed by atoms with Crippen molar-refractivity contribution in [3.05, 3.63) is 48.3 Å². The highest BCUT2D eigenvalue weighted by molar-refractivity contribution is 7.93. The molecular weight excluding hydrogens is 334 g/mol. The highest BCUT2D eigenvalue weighted by Gasteiger charge is 2.31. The van der Waals surface area contributed by atoms with Gasteiger partial charge in [-0.2, -0.15) is 0 Å². The van der Waals surface area contributed by atoms with E-state index in [2.05, 4.69) is 21.6 Å². The van der Waals surface area contributed by atoms with Gasteiger partial charge in [-0.1, -0.05) is 19.4 Å². The van der Waals surface area contributed by atoms with Crippen molar-refractivity contribution in [2.45, 2.75) is 37.9 Å². The van der Waals surface area contributed by atoms with Crippen molar-refractivity contribution in [1.29, 1.82) is 0 Å². The van der Waals surface area contributed by atoms with E-state index in [9.17, 15) is 8.42 Å². The molecule has 0 atom stereocenters. The van der Waals surface area contributed by atoms with Crippen molar-refractivity contribution in [1.82, 2.24) is 9.97 Å². The molecule has 0 amide bonds. The predicted molar refractivity (Wildman–Crippen MR) is 101 cm³/mol. The largest absolute Gasteiger partial charge is 0.346 e. The van der Waals surface area contributed by atoms with Crippen LogP contribution in [0.2, 0.25) is 0 Å². The summed E-state index contributed by atoms with van der Waals surface area (Å²) in [5.41, 5.74) is 4.83. The summed E-state index contributed by atoms with van der Waals surface area (Å²) < 4.78 is 27.5. The number of hydrogen-bond donors (Lipinski definition) is 2. The molecule has 2 aromatic heterocycles. The van der Waals surface area contributed by atoms with Crippen LogP contribution in [0.3, 0.4) is 0 Å². The number of nitrogens with one attached hydrogen (secondary N) is 2. The zero-order chi connectivity index (χ0) is 17.4. The smallest absolute Gasteiger partial charge is 0.235 e. The zero-order valence-electron chi connectivity index (χ0n) is 14.1. The van der Waals surface area contributed by atoms with E-state index in [0.717, 1.165) is 53.4 Å². The minimum absolute atomic E-state index is 0.239. The first-order valence-electron chi connectivity index (χ1n) is 8.65. The van der Waals surface area contributed by atoms with Crippen molar-refractivity contribution >= 4 is 26.7 Å². The fraction of sp³-hybridized carbons (Fsp3) is 0.316. The Morgan fingerprint density at radius 3 is 2.76 bits per heavy atom. The molecular formula is C19H21N3O2S. The van der Waals surface area contributed by atoms with Gasteiger partial charge in [0, 0.05) is 23.5 Å². The van der Waals surface area contributed by atoms with E-state index in [1.54, 1.807) is 6.20 Å². The number of aromatic amines is 1. The number of hydrogen-bond acceptors (Lipinski definition) is 3. The molecule has 0 unspecified atom stereocenters. The van der Waals surface area contributed by atoms with E-state index in [1.807, 2.05) is 36.5 Å². The summed E-state index contributed by atoms with van der Waals surface area (Å²) in [6.07, 6.45) is 7.02. The first-order chi connectivity index (χ1) is 12.1. The number of pyridine rings is 1. The fourth-order valence-corrected chi connectivity index (χ4v) is 4.91. The average molecular weight is 355 g/mol. The van der Waals surface area contributed by atoms with E-state index in [0.29, 0.717) is 5.69 Å². The summed E-state index contributed by atoms with van der Waals surface area (Å²) in [7, 11) is -3.27. The highest BCUT2D eigenvalue weighted by Crippen LogP contribution is 2.33. The van der Waals surface area contributed by atoms with Crippen molar-refractivity contribution in [2.75, 3.05) is 4.72 Å². The van der Waals surface area contributed by atoms with Gasteiger partial charge in [0.25, 0.3) is 0 Å². The van der Waals surface area contributed by atoms with E-state index in [1.165, 1.54) is 0 Å². The number of benzene rings is 1. The fourth-order valence-electron chi connectivity index (χ4n) is 3.34. The van der Waals surface area contributed by atoms with Crippen LogP contribution in [0, 0.1) is 0 Å². The molecule has 6 heteroatoms. The average Bonchev–Trinajstić information content (AvgIpc) is 3.00. The second-order valence-corrected chi connectivity index (χ2v) is 8.48. The third kappa shape index (κ3) is 2.91. The Labute approximate surface area is 147 Å². The lowest BCUT2D eigenvalue weighted by molar-refractivity contribution is 0.479. The number of nitrogens with zero attached hydrogens (tertiary/aromatic N) is 1. The monoisotopic (exact) mass is 355 g/mol. The second-order valence-electron chi connectivity index (χ2n) is 6.52. The number of aromatic nitrogens is 2. The molecule has 1 aliphatic carbocycles. The zero-order valence-corrected chi connectivity index (χ0v) is 14.9. The first kappa shape index (κ1) is 16.1. The molecule has 25 heavy (non-hydrogen) atoms. The highest BCUT2D eigenvalue weighted by atomic mass is 32.2. The number of aryl methyl sites for hydroxylation is 1. The van der Waals surface area contributed by atoms with Crippen molar-refractivity contribution in [3.63, 3.8) is 0 Å². The molecule has 4 rings (SSSR count).